The number of nitrogens with zero attached hydrogens (tertiary/aromatic N) is 1. The molecular formula is C28H30ClN3O2. The fourth-order valence-corrected chi connectivity index (χ4v) is 4.44. The van der Waals surface area contributed by atoms with Gasteiger partial charge in [-0.3, -0.25) is 14.5 Å². The summed E-state index contributed by atoms with van der Waals surface area (Å²) < 4.78 is 0. The molecule has 1 heterocycles. The normalized spacial score (nSPS) is 14.6. The molecule has 1 aliphatic heterocycles. The molecule has 3 aromatic carbocycles. The van der Waals surface area contributed by atoms with Gasteiger partial charge in [0, 0.05) is 29.6 Å². The van der Waals surface area contributed by atoms with Crippen molar-refractivity contribution in [1.82, 2.24) is 4.90 Å². The van der Waals surface area contributed by atoms with Crippen molar-refractivity contribution in [3.05, 3.63) is 88.9 Å². The molecule has 4 rings (SSSR count). The minimum absolute atomic E-state index is 0.000594. The van der Waals surface area contributed by atoms with Crippen molar-refractivity contribution in [2.75, 3.05) is 18.4 Å². The van der Waals surface area contributed by atoms with Crippen LogP contribution in [0.25, 0.3) is 11.1 Å². The Bertz CT molecular complexity index is 1100. The first-order chi connectivity index (χ1) is 16.5. The number of piperidine rings is 1. The van der Waals surface area contributed by atoms with E-state index in [0.717, 1.165) is 54.9 Å². The number of primary amides is 1. The van der Waals surface area contributed by atoms with Crippen molar-refractivity contribution in [1.29, 1.82) is 0 Å². The molecule has 1 saturated heterocycles. The zero-order chi connectivity index (χ0) is 23.9. The van der Waals surface area contributed by atoms with Crippen LogP contribution in [0.5, 0.6) is 0 Å². The lowest BCUT2D eigenvalue weighted by molar-refractivity contribution is -0.123. The first-order valence-electron chi connectivity index (χ1n) is 11.7. The zero-order valence-electron chi connectivity index (χ0n) is 19.2. The van der Waals surface area contributed by atoms with Crippen LogP contribution in [-0.2, 0) is 22.6 Å². The minimum atomic E-state index is -0.178. The Hall–Kier alpha value is -3.15. The Morgan fingerprint density at radius 3 is 2.00 bits per heavy atom. The Kier molecular flexibility index (Phi) is 7.99. The highest BCUT2D eigenvalue weighted by Gasteiger charge is 2.22. The fourth-order valence-electron chi connectivity index (χ4n) is 4.31. The second-order valence-electron chi connectivity index (χ2n) is 8.90. The van der Waals surface area contributed by atoms with E-state index in [9.17, 15) is 9.59 Å². The highest BCUT2D eigenvalue weighted by molar-refractivity contribution is 6.30. The average molecular weight is 476 g/mol. The van der Waals surface area contributed by atoms with Crippen LogP contribution >= 0.6 is 11.6 Å². The van der Waals surface area contributed by atoms with E-state index in [1.807, 2.05) is 48.5 Å². The predicted molar refractivity (Wildman–Crippen MR) is 137 cm³/mol. The highest BCUT2D eigenvalue weighted by atomic mass is 35.5. The van der Waals surface area contributed by atoms with Gasteiger partial charge in [-0.1, -0.05) is 60.1 Å². The van der Waals surface area contributed by atoms with Gasteiger partial charge in [-0.05, 0) is 78.9 Å². The van der Waals surface area contributed by atoms with Crippen molar-refractivity contribution in [3.63, 3.8) is 0 Å². The number of likely N-dealkylation sites (tertiary alicyclic amines) is 1. The molecule has 0 atom stereocenters. The molecule has 6 heteroatoms. The maximum absolute atomic E-state index is 12.4. The zero-order valence-corrected chi connectivity index (χ0v) is 19.9. The quantitative estimate of drug-likeness (QED) is 0.465. The van der Waals surface area contributed by atoms with Gasteiger partial charge in [0.25, 0.3) is 0 Å². The molecule has 0 unspecified atom stereocenters. The second-order valence-corrected chi connectivity index (χ2v) is 9.34. The van der Waals surface area contributed by atoms with Gasteiger partial charge in [-0.25, -0.2) is 0 Å². The lowest BCUT2D eigenvalue weighted by atomic mass is 9.96. The van der Waals surface area contributed by atoms with Gasteiger partial charge < -0.3 is 11.1 Å². The van der Waals surface area contributed by atoms with Crippen LogP contribution in [0.4, 0.5) is 5.69 Å². The van der Waals surface area contributed by atoms with Gasteiger partial charge >= 0.3 is 0 Å². The molecular weight excluding hydrogens is 446 g/mol. The smallest absolute Gasteiger partial charge is 0.224 e. The summed E-state index contributed by atoms with van der Waals surface area (Å²) >= 11 is 5.95. The number of rotatable bonds is 8. The molecule has 0 saturated carbocycles. The molecule has 1 fully saturated rings. The van der Waals surface area contributed by atoms with Crippen LogP contribution < -0.4 is 11.1 Å². The van der Waals surface area contributed by atoms with Crippen LogP contribution in [0, 0.1) is 5.92 Å². The lowest BCUT2D eigenvalue weighted by Crippen LogP contribution is -2.38. The van der Waals surface area contributed by atoms with E-state index in [0.29, 0.717) is 17.9 Å². The molecule has 176 valence electrons. The largest absolute Gasteiger partial charge is 0.369 e. The number of nitrogens with two attached hydrogens (primary N) is 1. The Morgan fingerprint density at radius 2 is 1.41 bits per heavy atom. The average Bonchev–Trinajstić information content (AvgIpc) is 2.85. The monoisotopic (exact) mass is 475 g/mol. The van der Waals surface area contributed by atoms with Gasteiger partial charge in [0.2, 0.25) is 11.8 Å². The molecule has 2 amide bonds. The van der Waals surface area contributed by atoms with E-state index in [1.165, 1.54) is 5.56 Å². The number of amides is 2. The van der Waals surface area contributed by atoms with Gasteiger partial charge in [0.1, 0.15) is 0 Å². The second kappa shape index (κ2) is 11.3. The highest BCUT2D eigenvalue weighted by Crippen LogP contribution is 2.23. The van der Waals surface area contributed by atoms with Gasteiger partial charge in [-0.15, -0.1) is 0 Å². The summed E-state index contributed by atoms with van der Waals surface area (Å²) in [6.07, 6.45) is 2.80. The summed E-state index contributed by atoms with van der Waals surface area (Å²) in [6, 6.07) is 24.0. The number of carbonyl (C=O) groups excluding carboxylic acids is 2. The third-order valence-electron chi connectivity index (χ3n) is 6.41. The Labute approximate surface area is 205 Å². The molecule has 3 aromatic rings. The van der Waals surface area contributed by atoms with Gasteiger partial charge in [0.15, 0.2) is 0 Å². The summed E-state index contributed by atoms with van der Waals surface area (Å²) in [4.78, 5) is 26.1. The number of nitrogens with one attached hydrogen (secondary N) is 1. The third-order valence-corrected chi connectivity index (χ3v) is 6.66. The van der Waals surface area contributed by atoms with Crippen LogP contribution in [0.1, 0.15) is 30.4 Å². The Morgan fingerprint density at radius 1 is 0.853 bits per heavy atom. The molecule has 34 heavy (non-hydrogen) atoms. The van der Waals surface area contributed by atoms with E-state index < -0.39 is 0 Å². The standard InChI is InChI=1S/C28H30ClN3O2/c29-25-10-6-22(7-11-25)23-8-12-26(13-9-23)31-27(33)14-5-20-1-3-21(4-2-20)19-32-17-15-24(16-18-32)28(30)34/h1-4,6-13,24H,5,14-19H2,(H2,30,34)(H,31,33). The molecule has 0 bridgehead atoms. The molecule has 1 aliphatic rings. The van der Waals surface area contributed by atoms with Gasteiger partial charge in [-0.2, -0.15) is 0 Å². The molecule has 3 N–H and O–H groups in total. The van der Waals surface area contributed by atoms with Crippen molar-refractivity contribution in [3.8, 4) is 11.1 Å². The first kappa shape index (κ1) is 24.0. The van der Waals surface area contributed by atoms with Crippen LogP contribution in [0.3, 0.4) is 0 Å². The summed E-state index contributed by atoms with van der Waals surface area (Å²) in [5, 5.41) is 3.69. The summed E-state index contributed by atoms with van der Waals surface area (Å²) in [5.41, 5.74) is 10.8. The number of hydrogen-bond donors (Lipinski definition) is 2. The molecule has 0 spiro atoms. The molecule has 0 aliphatic carbocycles. The molecule has 0 radical (unpaired) electrons. The first-order valence-corrected chi connectivity index (χ1v) is 12.1. The Balaban J connectivity index is 1.22. The molecule has 0 aromatic heterocycles. The van der Waals surface area contributed by atoms with Crippen molar-refractivity contribution in [2.45, 2.75) is 32.2 Å². The minimum Gasteiger partial charge on any atom is -0.369 e. The fraction of sp³-hybridized carbons (Fsp3) is 0.286. The summed E-state index contributed by atoms with van der Waals surface area (Å²) in [7, 11) is 0. The topological polar surface area (TPSA) is 75.4 Å². The summed E-state index contributed by atoms with van der Waals surface area (Å²) in [6.45, 7) is 2.67. The number of halogens is 1. The predicted octanol–water partition coefficient (Wildman–Crippen LogP) is 5.28. The maximum Gasteiger partial charge on any atom is 0.224 e. The van der Waals surface area contributed by atoms with Crippen LogP contribution in [0.2, 0.25) is 5.02 Å². The van der Waals surface area contributed by atoms with Crippen molar-refractivity contribution >= 4 is 29.1 Å². The number of anilines is 1. The van der Waals surface area contributed by atoms with E-state index in [2.05, 4.69) is 34.5 Å². The summed E-state index contributed by atoms with van der Waals surface area (Å²) in [5.74, 6) is -0.158. The van der Waals surface area contributed by atoms with E-state index in [4.69, 9.17) is 17.3 Å². The SMILES string of the molecule is NC(=O)C1CCN(Cc2ccc(CCC(=O)Nc3ccc(-c4ccc(Cl)cc4)cc3)cc2)CC1. The van der Waals surface area contributed by atoms with Crippen LogP contribution in [-0.4, -0.2) is 29.8 Å². The number of hydrogen-bond acceptors (Lipinski definition) is 3. The lowest BCUT2D eigenvalue weighted by Gasteiger charge is -2.30. The van der Waals surface area contributed by atoms with Crippen LogP contribution in [0.15, 0.2) is 72.8 Å². The van der Waals surface area contributed by atoms with Crippen molar-refractivity contribution in [2.24, 2.45) is 11.7 Å². The van der Waals surface area contributed by atoms with E-state index in [-0.39, 0.29) is 17.7 Å². The maximum atomic E-state index is 12.4. The number of aryl methyl sites for hydroxylation is 1. The van der Waals surface area contributed by atoms with Crippen molar-refractivity contribution < 1.29 is 9.59 Å². The number of carbonyl (C=O) groups is 2. The third kappa shape index (κ3) is 6.69. The molecule has 5 nitrogen and oxygen atoms in total. The van der Waals surface area contributed by atoms with Gasteiger partial charge in [0.05, 0.1) is 0 Å². The number of benzene rings is 3. The van der Waals surface area contributed by atoms with E-state index in [1.54, 1.807) is 0 Å². The van der Waals surface area contributed by atoms with E-state index >= 15 is 0 Å².